The van der Waals surface area contributed by atoms with E-state index in [1.54, 1.807) is 0 Å². The summed E-state index contributed by atoms with van der Waals surface area (Å²) in [4.78, 5) is 3.54. The molecular weight excluding hydrogens is 232 g/mol. The molecule has 0 amide bonds. The summed E-state index contributed by atoms with van der Waals surface area (Å²) in [6.07, 6.45) is 10.6. The highest BCUT2D eigenvalue weighted by molar-refractivity contribution is 5.27. The maximum atomic E-state index is 3.96. The van der Waals surface area contributed by atoms with Gasteiger partial charge in [0.1, 0.15) is 0 Å². The summed E-state index contributed by atoms with van der Waals surface area (Å²) in [5.74, 6) is 1.91. The number of rotatable bonds is 3. The maximum absolute atomic E-state index is 3.96. The minimum Gasteiger partial charge on any atom is -0.365 e. The second-order valence-corrected chi connectivity index (χ2v) is 7.90. The smallest absolute Gasteiger partial charge is 0.0210 e. The highest BCUT2D eigenvalue weighted by Gasteiger charge is 2.58. The first-order valence-electron chi connectivity index (χ1n) is 8.01. The molecule has 2 atom stereocenters. The topological polar surface area (TPSA) is 27.8 Å². The molecule has 2 heteroatoms. The van der Waals surface area contributed by atoms with Crippen LogP contribution in [0.15, 0.2) is 18.3 Å². The van der Waals surface area contributed by atoms with Gasteiger partial charge in [-0.1, -0.05) is 13.8 Å². The Morgan fingerprint density at radius 1 is 1.21 bits per heavy atom. The number of hydrogen-bond donors (Lipinski definition) is 2. The van der Waals surface area contributed by atoms with E-state index in [1.807, 2.05) is 0 Å². The molecule has 5 rings (SSSR count). The van der Waals surface area contributed by atoms with Gasteiger partial charge in [0, 0.05) is 28.9 Å². The molecule has 4 fully saturated rings. The molecule has 19 heavy (non-hydrogen) atoms. The second kappa shape index (κ2) is 3.88. The van der Waals surface area contributed by atoms with Crippen molar-refractivity contribution < 1.29 is 0 Å². The van der Waals surface area contributed by atoms with Gasteiger partial charge >= 0.3 is 0 Å². The molecule has 104 valence electrons. The predicted octanol–water partition coefficient (Wildman–Crippen LogP) is 3.60. The lowest BCUT2D eigenvalue weighted by Gasteiger charge is -2.62. The van der Waals surface area contributed by atoms with Crippen LogP contribution in [0.3, 0.4) is 0 Å². The molecule has 2 nitrogen and oxygen atoms in total. The first kappa shape index (κ1) is 12.0. The summed E-state index contributed by atoms with van der Waals surface area (Å²) < 4.78 is 0. The van der Waals surface area contributed by atoms with Crippen LogP contribution in [-0.4, -0.2) is 16.6 Å². The predicted molar refractivity (Wildman–Crippen MR) is 78.2 cm³/mol. The van der Waals surface area contributed by atoms with E-state index in [0.717, 1.165) is 11.8 Å². The molecule has 4 bridgehead atoms. The van der Waals surface area contributed by atoms with Crippen LogP contribution < -0.4 is 5.32 Å². The van der Waals surface area contributed by atoms with Crippen LogP contribution in [0, 0.1) is 11.8 Å². The van der Waals surface area contributed by atoms with Gasteiger partial charge in [-0.05, 0) is 62.5 Å². The number of aromatic nitrogens is 1. The van der Waals surface area contributed by atoms with Gasteiger partial charge in [0.15, 0.2) is 0 Å². The third-order valence-electron chi connectivity index (χ3n) is 5.83. The standard InChI is InChI=1S/C17H26N2/c1-12(2)19-17-9-13-6-14(10-17)8-16(7-13,11-17)15-4-3-5-18-15/h3-5,12-14,18-19H,6-11H2,1-2H3. The van der Waals surface area contributed by atoms with Crippen molar-refractivity contribution in [3.8, 4) is 0 Å². The maximum Gasteiger partial charge on any atom is 0.0210 e. The molecule has 1 aromatic heterocycles. The Morgan fingerprint density at radius 3 is 2.53 bits per heavy atom. The largest absolute Gasteiger partial charge is 0.365 e. The van der Waals surface area contributed by atoms with Gasteiger partial charge < -0.3 is 10.3 Å². The Hall–Kier alpha value is -0.760. The van der Waals surface area contributed by atoms with Crippen molar-refractivity contribution in [2.45, 2.75) is 69.4 Å². The van der Waals surface area contributed by atoms with Gasteiger partial charge in [0.05, 0.1) is 0 Å². The van der Waals surface area contributed by atoms with Gasteiger partial charge in [0.2, 0.25) is 0 Å². The molecule has 4 aliphatic rings. The fraction of sp³-hybridized carbons (Fsp3) is 0.765. The van der Waals surface area contributed by atoms with Gasteiger partial charge in [-0.15, -0.1) is 0 Å². The quantitative estimate of drug-likeness (QED) is 0.852. The summed E-state index contributed by atoms with van der Waals surface area (Å²) in [5.41, 5.74) is 2.40. The van der Waals surface area contributed by atoms with Crippen LogP contribution in [0.2, 0.25) is 0 Å². The van der Waals surface area contributed by atoms with Crippen molar-refractivity contribution >= 4 is 0 Å². The number of hydrogen-bond acceptors (Lipinski definition) is 1. The Balaban J connectivity index is 1.72. The molecule has 2 unspecified atom stereocenters. The van der Waals surface area contributed by atoms with Crippen LogP contribution in [0.4, 0.5) is 0 Å². The molecule has 0 radical (unpaired) electrons. The van der Waals surface area contributed by atoms with E-state index in [0.29, 0.717) is 17.0 Å². The highest BCUT2D eigenvalue weighted by Crippen LogP contribution is 2.62. The fourth-order valence-corrected chi connectivity index (χ4v) is 6.02. The average molecular weight is 258 g/mol. The SMILES string of the molecule is CC(C)NC12CC3CC(C1)CC(c1ccc[nH]1)(C3)C2. The lowest BCUT2D eigenvalue weighted by molar-refractivity contribution is -0.0454. The van der Waals surface area contributed by atoms with Gasteiger partial charge in [-0.25, -0.2) is 0 Å². The Bertz CT molecular complexity index is 440. The van der Waals surface area contributed by atoms with Crippen molar-refractivity contribution in [1.82, 2.24) is 10.3 Å². The lowest BCUT2D eigenvalue weighted by Crippen LogP contribution is -2.64. The van der Waals surface area contributed by atoms with Crippen molar-refractivity contribution in [2.24, 2.45) is 11.8 Å². The lowest BCUT2D eigenvalue weighted by atomic mass is 9.46. The highest BCUT2D eigenvalue weighted by atomic mass is 15.0. The van der Waals surface area contributed by atoms with Gasteiger partial charge in [-0.2, -0.15) is 0 Å². The number of nitrogens with one attached hydrogen (secondary N) is 2. The molecule has 0 spiro atoms. The molecule has 4 saturated carbocycles. The van der Waals surface area contributed by atoms with Crippen molar-refractivity contribution in [1.29, 1.82) is 0 Å². The molecule has 2 N–H and O–H groups in total. The molecule has 1 aromatic rings. The van der Waals surface area contributed by atoms with Crippen LogP contribution in [0.5, 0.6) is 0 Å². The fourth-order valence-electron chi connectivity index (χ4n) is 6.02. The second-order valence-electron chi connectivity index (χ2n) is 7.90. The third kappa shape index (κ3) is 1.79. The van der Waals surface area contributed by atoms with Crippen LogP contribution >= 0.6 is 0 Å². The van der Waals surface area contributed by atoms with Crippen molar-refractivity contribution in [3.05, 3.63) is 24.0 Å². The molecule has 1 heterocycles. The van der Waals surface area contributed by atoms with Gasteiger partial charge in [0.25, 0.3) is 0 Å². The van der Waals surface area contributed by atoms with Gasteiger partial charge in [-0.3, -0.25) is 0 Å². The van der Waals surface area contributed by atoms with Crippen molar-refractivity contribution in [2.75, 3.05) is 0 Å². The molecule has 4 aliphatic carbocycles. The summed E-state index contributed by atoms with van der Waals surface area (Å²) in [5, 5.41) is 3.96. The molecular formula is C17H26N2. The van der Waals surface area contributed by atoms with E-state index in [9.17, 15) is 0 Å². The Morgan fingerprint density at radius 2 is 1.95 bits per heavy atom. The molecule has 0 aliphatic heterocycles. The van der Waals surface area contributed by atoms with E-state index in [-0.39, 0.29) is 0 Å². The van der Waals surface area contributed by atoms with Crippen LogP contribution in [-0.2, 0) is 5.41 Å². The Labute approximate surface area is 116 Å². The van der Waals surface area contributed by atoms with Crippen molar-refractivity contribution in [3.63, 3.8) is 0 Å². The normalized spacial score (nSPS) is 44.2. The van der Waals surface area contributed by atoms with Crippen LogP contribution in [0.25, 0.3) is 0 Å². The summed E-state index contributed by atoms with van der Waals surface area (Å²) in [7, 11) is 0. The minimum absolute atomic E-state index is 0.434. The zero-order chi connectivity index (χ0) is 13.1. The summed E-state index contributed by atoms with van der Waals surface area (Å²) >= 11 is 0. The van der Waals surface area contributed by atoms with E-state index in [1.165, 1.54) is 44.2 Å². The zero-order valence-electron chi connectivity index (χ0n) is 12.2. The van der Waals surface area contributed by atoms with E-state index >= 15 is 0 Å². The van der Waals surface area contributed by atoms with E-state index < -0.39 is 0 Å². The van der Waals surface area contributed by atoms with E-state index in [2.05, 4.69) is 42.5 Å². The molecule has 0 saturated heterocycles. The third-order valence-corrected chi connectivity index (χ3v) is 5.83. The first-order chi connectivity index (χ1) is 9.09. The minimum atomic E-state index is 0.434. The average Bonchev–Trinajstić information content (AvgIpc) is 2.78. The summed E-state index contributed by atoms with van der Waals surface area (Å²) in [6.45, 7) is 4.61. The number of H-pyrrole nitrogens is 1. The zero-order valence-corrected chi connectivity index (χ0v) is 12.2. The summed E-state index contributed by atoms with van der Waals surface area (Å²) in [6, 6.07) is 5.11. The molecule has 0 aromatic carbocycles. The monoisotopic (exact) mass is 258 g/mol. The first-order valence-corrected chi connectivity index (χ1v) is 8.01. The Kier molecular flexibility index (Phi) is 2.45. The van der Waals surface area contributed by atoms with E-state index in [4.69, 9.17) is 0 Å². The van der Waals surface area contributed by atoms with Crippen LogP contribution in [0.1, 0.15) is 58.1 Å². The number of aromatic amines is 1.